The van der Waals surface area contributed by atoms with Gasteiger partial charge in [-0.1, -0.05) is 6.07 Å². The van der Waals surface area contributed by atoms with Gasteiger partial charge in [0.15, 0.2) is 11.6 Å². The fraction of sp³-hybridized carbons (Fsp3) is 0.556. The van der Waals surface area contributed by atoms with Crippen LogP contribution in [-0.2, 0) is 15.7 Å². The van der Waals surface area contributed by atoms with Crippen molar-refractivity contribution in [3.63, 3.8) is 0 Å². The van der Waals surface area contributed by atoms with Crippen LogP contribution in [0.5, 0.6) is 11.9 Å². The van der Waals surface area contributed by atoms with Crippen LogP contribution >= 0.6 is 0 Å². The van der Waals surface area contributed by atoms with E-state index < -0.39 is 98.0 Å². The molecular weight excluding hydrogens is 868 g/mol. The fourth-order valence-corrected chi connectivity index (χ4v) is 9.50. The molecule has 3 aromatic heterocycles. The summed E-state index contributed by atoms with van der Waals surface area (Å²) in [5.74, 6) is -5.85. The molecule has 1 saturated carbocycles. The largest absolute Gasteiger partial charge is 0.475 e. The topological polar surface area (TPSA) is 132 Å². The van der Waals surface area contributed by atoms with Gasteiger partial charge in [0.25, 0.3) is 5.92 Å². The van der Waals surface area contributed by atoms with Crippen LogP contribution < -0.4 is 19.3 Å². The van der Waals surface area contributed by atoms with Crippen LogP contribution in [0.1, 0.15) is 102 Å². The molecule has 0 N–H and O–H groups in total. The Kier molecular flexibility index (Phi) is 11.0. The number of ether oxygens (including phenoxy) is 4. The Balaban J connectivity index is 1.29. The molecule has 0 bridgehead atoms. The van der Waals surface area contributed by atoms with Crippen molar-refractivity contribution >= 4 is 34.7 Å². The van der Waals surface area contributed by atoms with Crippen molar-refractivity contribution in [3.8, 4) is 23.1 Å². The number of aryl methyl sites for hydroxylation is 1. The van der Waals surface area contributed by atoms with Crippen LogP contribution in [0, 0.1) is 30.9 Å². The zero-order chi connectivity index (χ0) is 47.4. The molecule has 2 amide bonds. The maximum atomic E-state index is 17.4. The van der Waals surface area contributed by atoms with Crippen LogP contribution in [0.2, 0.25) is 0 Å². The molecule has 6 heterocycles. The van der Waals surface area contributed by atoms with Crippen LogP contribution in [0.15, 0.2) is 24.4 Å². The molecule has 13 nitrogen and oxygen atoms in total. The van der Waals surface area contributed by atoms with Crippen molar-refractivity contribution in [2.45, 2.75) is 123 Å². The van der Waals surface area contributed by atoms with Gasteiger partial charge in [0.05, 0.1) is 29.1 Å². The summed E-state index contributed by atoms with van der Waals surface area (Å²) in [5, 5.41) is -0.160. The number of imide groups is 1. The highest BCUT2D eigenvalue weighted by Gasteiger charge is 2.77. The van der Waals surface area contributed by atoms with Gasteiger partial charge in [0.2, 0.25) is 5.88 Å². The third-order valence-electron chi connectivity index (χ3n) is 12.5. The van der Waals surface area contributed by atoms with E-state index in [9.17, 15) is 31.5 Å². The van der Waals surface area contributed by atoms with Crippen molar-refractivity contribution in [1.29, 1.82) is 0 Å². The number of amides is 2. The van der Waals surface area contributed by atoms with Crippen molar-refractivity contribution in [2.24, 2.45) is 5.41 Å². The third kappa shape index (κ3) is 8.24. The average molecular weight is 918 g/mol. The van der Waals surface area contributed by atoms with Crippen molar-refractivity contribution < 1.29 is 59.3 Å². The second-order valence-corrected chi connectivity index (χ2v) is 19.5. The lowest BCUT2D eigenvalue weighted by atomic mass is 9.89. The molecule has 65 heavy (non-hydrogen) atoms. The Bertz CT molecular complexity index is 2570. The van der Waals surface area contributed by atoms with Gasteiger partial charge in [-0.25, -0.2) is 37.1 Å². The Morgan fingerprint density at radius 3 is 2.23 bits per heavy atom. The zero-order valence-corrected chi connectivity index (χ0v) is 37.5. The fourth-order valence-electron chi connectivity index (χ4n) is 9.50. The summed E-state index contributed by atoms with van der Waals surface area (Å²) in [6.45, 7) is 13.9. The van der Waals surface area contributed by atoms with E-state index in [2.05, 4.69) is 15.0 Å². The number of pyridine rings is 2. The first kappa shape index (κ1) is 46.0. The summed E-state index contributed by atoms with van der Waals surface area (Å²) in [6, 6.07) is 2.68. The Hall–Kier alpha value is -5.53. The number of fused-ring (bicyclic) bond motifs is 1. The number of alkyl halides is 5. The molecule has 20 heteroatoms. The van der Waals surface area contributed by atoms with E-state index in [0.717, 1.165) is 19.4 Å². The Morgan fingerprint density at radius 1 is 0.954 bits per heavy atom. The van der Waals surface area contributed by atoms with E-state index in [1.165, 1.54) is 13.1 Å². The highest BCUT2D eigenvalue weighted by Crippen LogP contribution is 2.69. The minimum Gasteiger partial charge on any atom is -0.475 e. The van der Waals surface area contributed by atoms with Crippen molar-refractivity contribution in [1.82, 2.24) is 24.8 Å². The van der Waals surface area contributed by atoms with E-state index in [1.807, 2.05) is 4.90 Å². The van der Waals surface area contributed by atoms with Gasteiger partial charge in [-0.15, -0.1) is 0 Å². The SMILES string of the molecule is Cc1cc(-c2nc3c4c(nc(OC[C@@]56CCCN5C[C@]5(CC5(F)F)C6)nc4c2F)N([C@H](C)c2cccnc2N(C(=O)OC(C)(C)C)C(=O)OC(C)(C)C)CCO3)c(C(F)(F)F)c(C)c1F. The Labute approximate surface area is 370 Å². The average Bonchev–Trinajstić information content (AvgIpc) is 3.38. The highest BCUT2D eigenvalue weighted by atomic mass is 19.4. The van der Waals surface area contributed by atoms with Crippen molar-refractivity contribution in [2.75, 3.05) is 42.6 Å². The highest BCUT2D eigenvalue weighted by molar-refractivity contribution is 6.09. The summed E-state index contributed by atoms with van der Waals surface area (Å²) in [6.07, 6.45) is -4.81. The van der Waals surface area contributed by atoms with Gasteiger partial charge in [0.1, 0.15) is 52.6 Å². The number of hydrogen-bond donors (Lipinski definition) is 0. The van der Waals surface area contributed by atoms with Crippen LogP contribution in [0.25, 0.3) is 22.2 Å². The standard InChI is InChI=1S/C45H50F7N7O6/c1-23-18-27(29(45(50,51)52)24(2)30(23)46)32-31(47)33-28-35(56-37(55-33)63-22-43-13-11-15-57(43)21-42(19-43)20-44(42,48)49)58(16-17-62-36(28)54-32)25(3)26-12-10-14-53-34(26)59(38(60)64-40(4,5)6)39(61)65-41(7,8)9/h10,12,14,18,25H,11,13,15-17,19-22H2,1-9H3/t25-,42-,43+/m1/s1. The third-order valence-corrected chi connectivity index (χ3v) is 12.5. The van der Waals surface area contributed by atoms with E-state index in [0.29, 0.717) is 17.9 Å². The van der Waals surface area contributed by atoms with Gasteiger partial charge >= 0.3 is 24.4 Å². The number of carbonyl (C=O) groups is 2. The number of halogens is 7. The van der Waals surface area contributed by atoms with Gasteiger partial charge in [-0.05, 0) is 111 Å². The summed E-state index contributed by atoms with van der Waals surface area (Å²) in [7, 11) is 0. The molecule has 350 valence electrons. The van der Waals surface area contributed by atoms with Crippen molar-refractivity contribution in [3.05, 3.63) is 58.3 Å². The minimum atomic E-state index is -5.14. The molecule has 3 aliphatic heterocycles. The second-order valence-electron chi connectivity index (χ2n) is 19.5. The number of benzene rings is 1. The predicted molar refractivity (Wildman–Crippen MR) is 223 cm³/mol. The van der Waals surface area contributed by atoms with E-state index in [-0.39, 0.29) is 73.2 Å². The predicted octanol–water partition coefficient (Wildman–Crippen LogP) is 10.3. The molecule has 0 unspecified atom stereocenters. The van der Waals surface area contributed by atoms with Gasteiger partial charge < -0.3 is 23.8 Å². The molecule has 1 aliphatic carbocycles. The molecular formula is C45H50F7N7O6. The number of nitrogens with zero attached hydrogens (tertiary/aromatic N) is 7. The van der Waals surface area contributed by atoms with E-state index in [1.54, 1.807) is 65.5 Å². The number of hydrogen-bond acceptors (Lipinski definition) is 12. The van der Waals surface area contributed by atoms with Gasteiger partial charge in [-0.2, -0.15) is 28.0 Å². The maximum absolute atomic E-state index is 17.4. The van der Waals surface area contributed by atoms with E-state index in [4.69, 9.17) is 23.9 Å². The summed E-state index contributed by atoms with van der Waals surface area (Å²) in [5.41, 5.74) is -8.37. The van der Waals surface area contributed by atoms with Gasteiger partial charge in [-0.3, -0.25) is 4.90 Å². The number of carbonyl (C=O) groups excluding carboxylic acids is 2. The first-order valence-electron chi connectivity index (χ1n) is 21.3. The molecule has 1 aromatic carbocycles. The normalized spacial score (nSPS) is 22.1. The summed E-state index contributed by atoms with van der Waals surface area (Å²) >= 11 is 0. The molecule has 2 saturated heterocycles. The van der Waals surface area contributed by atoms with Crippen LogP contribution in [0.3, 0.4) is 0 Å². The van der Waals surface area contributed by atoms with Crippen LogP contribution in [0.4, 0.5) is 52.0 Å². The lowest BCUT2D eigenvalue weighted by molar-refractivity contribution is -0.137. The number of anilines is 2. The molecule has 4 aliphatic rings. The molecule has 8 rings (SSSR count). The number of aromatic nitrogens is 4. The quantitative estimate of drug-likeness (QED) is 0.164. The minimum absolute atomic E-state index is 0.0505. The number of rotatable bonds is 7. The maximum Gasteiger partial charge on any atom is 0.425 e. The Morgan fingerprint density at radius 2 is 1.62 bits per heavy atom. The first-order chi connectivity index (χ1) is 30.2. The monoisotopic (exact) mass is 917 g/mol. The molecule has 1 spiro atoms. The zero-order valence-electron chi connectivity index (χ0n) is 37.5. The molecule has 4 aromatic rings. The summed E-state index contributed by atoms with van der Waals surface area (Å²) in [4.78, 5) is 49.8. The lowest BCUT2D eigenvalue weighted by Gasteiger charge is -2.33. The molecule has 0 radical (unpaired) electrons. The van der Waals surface area contributed by atoms with Gasteiger partial charge in [0, 0.05) is 30.3 Å². The molecule has 3 atom stereocenters. The van der Waals surface area contributed by atoms with Crippen LogP contribution in [-0.4, -0.2) is 92.5 Å². The second kappa shape index (κ2) is 15.5. The molecule has 3 fully saturated rings. The first-order valence-corrected chi connectivity index (χ1v) is 21.3. The summed E-state index contributed by atoms with van der Waals surface area (Å²) < 4.78 is 130. The smallest absolute Gasteiger partial charge is 0.425 e. The van der Waals surface area contributed by atoms with E-state index >= 15 is 8.78 Å². The lowest BCUT2D eigenvalue weighted by Crippen LogP contribution is -2.45.